The van der Waals surface area contributed by atoms with E-state index in [1.54, 1.807) is 17.5 Å². The van der Waals surface area contributed by atoms with Gasteiger partial charge < -0.3 is 9.47 Å². The highest BCUT2D eigenvalue weighted by atomic mass is 35.5. The van der Waals surface area contributed by atoms with Gasteiger partial charge in [-0.05, 0) is 47.0 Å². The molecule has 0 saturated carbocycles. The van der Waals surface area contributed by atoms with Crippen molar-refractivity contribution in [1.29, 1.82) is 5.41 Å². The number of esters is 1. The summed E-state index contributed by atoms with van der Waals surface area (Å²) in [7, 11) is -2.28. The molecule has 0 atom stereocenters. The van der Waals surface area contributed by atoms with Gasteiger partial charge in [0.15, 0.2) is 17.3 Å². The van der Waals surface area contributed by atoms with Crippen molar-refractivity contribution in [2.45, 2.75) is 0 Å². The van der Waals surface area contributed by atoms with E-state index in [2.05, 4.69) is 10.1 Å². The first kappa shape index (κ1) is 23.2. The molecule has 1 N–H and O–H groups in total. The van der Waals surface area contributed by atoms with Crippen molar-refractivity contribution >= 4 is 77.9 Å². The molecule has 0 spiro atoms. The van der Waals surface area contributed by atoms with Crippen LogP contribution in [-0.2, 0) is 14.6 Å². The summed E-state index contributed by atoms with van der Waals surface area (Å²) in [5.74, 6) is -1.56. The molecule has 170 valence electrons. The number of benzene rings is 1. The van der Waals surface area contributed by atoms with E-state index in [4.69, 9.17) is 26.5 Å². The van der Waals surface area contributed by atoms with Gasteiger partial charge in [0, 0.05) is 6.26 Å². The molecule has 4 rings (SSSR count). The number of fused-ring (bicyclic) bond motifs is 1. The SMILES string of the molecule is COc1cc(C=C2C(=N)N3N=C(S(C)(=O)=O)SC3=NC2=O)cc(Cl)c1OC(=O)c1cccs1. The number of sulfone groups is 1. The fraction of sp³-hybridized carbons (Fsp3) is 0.105. The van der Waals surface area contributed by atoms with E-state index >= 15 is 0 Å². The van der Waals surface area contributed by atoms with Crippen LogP contribution in [0.2, 0.25) is 5.02 Å². The molecule has 2 aromatic rings. The van der Waals surface area contributed by atoms with Gasteiger partial charge in [0.2, 0.25) is 19.4 Å². The molecule has 2 aliphatic rings. The number of halogens is 1. The fourth-order valence-corrected chi connectivity index (χ4v) is 5.29. The lowest BCUT2D eigenvalue weighted by molar-refractivity contribution is -0.114. The third-order valence-electron chi connectivity index (χ3n) is 4.23. The monoisotopic (exact) mass is 524 g/mol. The lowest BCUT2D eigenvalue weighted by Crippen LogP contribution is -2.35. The molecule has 0 bridgehead atoms. The van der Waals surface area contributed by atoms with E-state index in [-0.39, 0.29) is 37.5 Å². The van der Waals surface area contributed by atoms with Crippen LogP contribution in [0.25, 0.3) is 6.08 Å². The first-order valence-corrected chi connectivity index (χ1v) is 12.9. The second-order valence-corrected chi connectivity index (χ2v) is 11.1. The lowest BCUT2D eigenvalue weighted by atomic mass is 10.1. The summed E-state index contributed by atoms with van der Waals surface area (Å²) in [5, 5.41) is 14.9. The molecule has 10 nitrogen and oxygen atoms in total. The highest BCUT2D eigenvalue weighted by Crippen LogP contribution is 2.38. The molecule has 0 fully saturated rings. The predicted octanol–water partition coefficient (Wildman–Crippen LogP) is 3.25. The number of nitrogens with zero attached hydrogens (tertiary/aromatic N) is 3. The number of hydrogen-bond acceptors (Lipinski definition) is 10. The summed E-state index contributed by atoms with van der Waals surface area (Å²) in [6, 6.07) is 6.22. The molecule has 14 heteroatoms. The Bertz CT molecular complexity index is 1400. The van der Waals surface area contributed by atoms with Crippen LogP contribution in [0.15, 0.2) is 45.3 Å². The smallest absolute Gasteiger partial charge is 0.353 e. The zero-order chi connectivity index (χ0) is 23.9. The van der Waals surface area contributed by atoms with Crippen LogP contribution in [0.4, 0.5) is 0 Å². The third-order valence-corrected chi connectivity index (χ3v) is 7.94. The number of ether oxygens (including phenoxy) is 2. The highest BCUT2D eigenvalue weighted by molar-refractivity contribution is 8.42. The maximum absolute atomic E-state index is 12.5. The van der Waals surface area contributed by atoms with E-state index in [0.29, 0.717) is 22.2 Å². The molecule has 0 radical (unpaired) electrons. The van der Waals surface area contributed by atoms with Crippen molar-refractivity contribution in [3.05, 3.63) is 50.7 Å². The Hall–Kier alpha value is -3.00. The molecular formula is C19H13ClN4O6S3. The molecule has 0 unspecified atom stereocenters. The van der Waals surface area contributed by atoms with Crippen molar-refractivity contribution in [3.8, 4) is 11.5 Å². The second kappa shape index (κ2) is 8.74. The Morgan fingerprint density at radius 2 is 2.09 bits per heavy atom. The lowest BCUT2D eigenvalue weighted by Gasteiger charge is -2.20. The van der Waals surface area contributed by atoms with Gasteiger partial charge in [-0.3, -0.25) is 10.2 Å². The Balaban J connectivity index is 1.67. The summed E-state index contributed by atoms with van der Waals surface area (Å²) in [4.78, 5) is 29.0. The van der Waals surface area contributed by atoms with E-state index in [1.807, 2.05) is 0 Å². The van der Waals surface area contributed by atoms with Gasteiger partial charge in [0.05, 0.1) is 17.7 Å². The second-order valence-electron chi connectivity index (χ2n) is 6.56. The number of aliphatic imine (C=N–C) groups is 1. The molecule has 2 aliphatic heterocycles. The summed E-state index contributed by atoms with van der Waals surface area (Å²) < 4.78 is 33.9. The van der Waals surface area contributed by atoms with Crippen LogP contribution in [-0.4, -0.2) is 54.0 Å². The molecule has 0 saturated heterocycles. The van der Waals surface area contributed by atoms with Crippen LogP contribution in [0.3, 0.4) is 0 Å². The number of nitrogens with one attached hydrogen (secondary N) is 1. The van der Waals surface area contributed by atoms with E-state index < -0.39 is 21.7 Å². The molecule has 0 aliphatic carbocycles. The van der Waals surface area contributed by atoms with Gasteiger partial charge in [-0.25, -0.2) is 13.2 Å². The quantitative estimate of drug-likeness (QED) is 0.365. The van der Waals surface area contributed by atoms with Gasteiger partial charge in [-0.2, -0.15) is 10.0 Å². The largest absolute Gasteiger partial charge is 0.493 e. The molecule has 1 aromatic carbocycles. The number of hydrazone groups is 1. The zero-order valence-corrected chi connectivity index (χ0v) is 20.1. The summed E-state index contributed by atoms with van der Waals surface area (Å²) in [6.07, 6.45) is 2.31. The van der Waals surface area contributed by atoms with Crippen LogP contribution >= 0.6 is 34.7 Å². The molecule has 3 heterocycles. The van der Waals surface area contributed by atoms with Gasteiger partial charge in [0.1, 0.15) is 4.88 Å². The zero-order valence-electron chi connectivity index (χ0n) is 16.9. The Kier molecular flexibility index (Phi) is 6.14. The van der Waals surface area contributed by atoms with Crippen LogP contribution in [0, 0.1) is 5.41 Å². The minimum absolute atomic E-state index is 0.00316. The standard InChI is InChI=1S/C19H13ClN4O6S3/c1-29-12-8-9(7-11(20)14(12)30-17(26)13-4-3-5-31-13)6-10-15(21)24-18(22-16(10)25)32-19(23-24)33(2,27)28/h3-8,21H,1-2H3. The number of thiophene rings is 1. The average molecular weight is 525 g/mol. The number of hydrogen-bond donors (Lipinski definition) is 1. The van der Waals surface area contributed by atoms with Crippen molar-refractivity contribution < 1.29 is 27.5 Å². The minimum Gasteiger partial charge on any atom is -0.493 e. The van der Waals surface area contributed by atoms with Gasteiger partial charge in [-0.1, -0.05) is 17.7 Å². The van der Waals surface area contributed by atoms with Gasteiger partial charge in [-0.15, -0.1) is 16.4 Å². The fourth-order valence-electron chi connectivity index (χ4n) is 2.75. The Morgan fingerprint density at radius 3 is 2.73 bits per heavy atom. The number of amidine groups is 2. The van der Waals surface area contributed by atoms with Crippen molar-refractivity contribution in [2.75, 3.05) is 13.4 Å². The van der Waals surface area contributed by atoms with Crippen LogP contribution in [0.1, 0.15) is 15.2 Å². The highest BCUT2D eigenvalue weighted by Gasteiger charge is 2.38. The normalized spacial score (nSPS) is 17.1. The maximum Gasteiger partial charge on any atom is 0.353 e. The Labute approximate surface area is 201 Å². The first-order chi connectivity index (χ1) is 15.6. The Morgan fingerprint density at radius 1 is 1.33 bits per heavy atom. The van der Waals surface area contributed by atoms with Crippen molar-refractivity contribution in [1.82, 2.24) is 5.01 Å². The van der Waals surface area contributed by atoms with Crippen molar-refractivity contribution in [2.24, 2.45) is 10.1 Å². The predicted molar refractivity (Wildman–Crippen MR) is 127 cm³/mol. The van der Waals surface area contributed by atoms with Gasteiger partial charge >= 0.3 is 5.97 Å². The number of rotatable bonds is 4. The molecule has 1 aromatic heterocycles. The number of thioether (sulfide) groups is 1. The minimum atomic E-state index is -3.64. The molecule has 33 heavy (non-hydrogen) atoms. The third kappa shape index (κ3) is 4.57. The van der Waals surface area contributed by atoms with E-state index in [0.717, 1.165) is 11.3 Å². The average Bonchev–Trinajstić information content (AvgIpc) is 3.42. The number of methoxy groups -OCH3 is 1. The molecule has 1 amide bonds. The van der Waals surface area contributed by atoms with Gasteiger partial charge in [0.25, 0.3) is 5.91 Å². The van der Waals surface area contributed by atoms with Crippen LogP contribution in [0.5, 0.6) is 11.5 Å². The number of carbonyl (C=O) groups is 2. The summed E-state index contributed by atoms with van der Waals surface area (Å²) in [5.41, 5.74) is 0.220. The number of amides is 1. The van der Waals surface area contributed by atoms with E-state index in [1.165, 1.54) is 36.7 Å². The summed E-state index contributed by atoms with van der Waals surface area (Å²) in [6.45, 7) is 0. The topological polar surface area (TPSA) is 139 Å². The first-order valence-electron chi connectivity index (χ1n) is 8.92. The molecular weight excluding hydrogens is 512 g/mol. The summed E-state index contributed by atoms with van der Waals surface area (Å²) >= 11 is 8.22. The van der Waals surface area contributed by atoms with Crippen molar-refractivity contribution in [3.63, 3.8) is 0 Å². The number of carbonyl (C=O) groups excluding carboxylic acids is 2. The maximum atomic E-state index is 12.5. The van der Waals surface area contributed by atoms with Crippen LogP contribution < -0.4 is 9.47 Å². The van der Waals surface area contributed by atoms with E-state index in [9.17, 15) is 18.0 Å².